The zero-order valence-electron chi connectivity index (χ0n) is 17.2. The van der Waals surface area contributed by atoms with Crippen molar-refractivity contribution in [2.75, 3.05) is 0 Å². The van der Waals surface area contributed by atoms with Crippen molar-refractivity contribution in [3.63, 3.8) is 0 Å². The summed E-state index contributed by atoms with van der Waals surface area (Å²) in [5, 5.41) is 1.57. The number of rotatable bonds is 1. The Morgan fingerprint density at radius 2 is 1.74 bits per heavy atom. The number of carbonyl (C=O) groups excluding carboxylic acids is 4. The summed E-state index contributed by atoms with van der Waals surface area (Å²) in [6.07, 6.45) is -6.58. The van der Waals surface area contributed by atoms with Crippen molar-refractivity contribution in [3.8, 4) is 0 Å². The van der Waals surface area contributed by atoms with Crippen LogP contribution >= 0.6 is 0 Å². The molecule has 1 fully saturated rings. The predicted octanol–water partition coefficient (Wildman–Crippen LogP) is 0.0878. The van der Waals surface area contributed by atoms with Crippen LogP contribution in [0.3, 0.4) is 0 Å². The highest BCUT2D eigenvalue weighted by molar-refractivity contribution is 6.23. The summed E-state index contributed by atoms with van der Waals surface area (Å²) < 4.78 is 61.7. The van der Waals surface area contributed by atoms with Gasteiger partial charge in [0, 0.05) is 11.9 Å². The molecule has 0 aliphatic carbocycles. The minimum atomic E-state index is -3.31. The van der Waals surface area contributed by atoms with Crippen molar-refractivity contribution < 1.29 is 30.1 Å². The van der Waals surface area contributed by atoms with Gasteiger partial charge in [0.25, 0.3) is 11.8 Å². The van der Waals surface area contributed by atoms with Crippen molar-refractivity contribution in [1.29, 1.82) is 0 Å². The molecule has 4 amide bonds. The zero-order valence-corrected chi connectivity index (χ0v) is 9.16. The molecule has 6 nitrogen and oxygen atoms in total. The van der Waals surface area contributed by atoms with Crippen LogP contribution < -0.4 is 5.32 Å². The summed E-state index contributed by atoms with van der Waals surface area (Å²) in [4.78, 5) is 49.2. The molecule has 1 atom stereocenters. The molecular weight excluding hydrogens is 248 g/mol. The Bertz CT molecular complexity index is 913. The number of imide groups is 2. The molecule has 19 heavy (non-hydrogen) atoms. The van der Waals surface area contributed by atoms with E-state index in [9.17, 15) is 19.2 Å². The number of nitrogens with one attached hydrogen (secondary N) is 1. The number of piperidine rings is 1. The fourth-order valence-corrected chi connectivity index (χ4v) is 1.79. The van der Waals surface area contributed by atoms with Gasteiger partial charge >= 0.3 is 0 Å². The molecule has 2 aliphatic rings. The van der Waals surface area contributed by atoms with Crippen LogP contribution in [-0.4, -0.2) is 34.6 Å². The Morgan fingerprint density at radius 3 is 2.32 bits per heavy atom. The molecule has 1 N–H and O–H groups in total. The molecule has 1 aromatic rings. The van der Waals surface area contributed by atoms with Gasteiger partial charge in [-0.25, -0.2) is 0 Å². The number of fused-ring (bicyclic) bond motifs is 1. The van der Waals surface area contributed by atoms with Gasteiger partial charge in [-0.3, -0.25) is 29.4 Å². The minimum absolute atomic E-state index is 0.0409. The first-order valence-electron chi connectivity index (χ1n) is 9.10. The maximum absolute atomic E-state index is 12.7. The third-order valence-corrected chi connectivity index (χ3v) is 2.62. The molecule has 0 spiro atoms. The second-order valence-electron chi connectivity index (χ2n) is 3.72. The largest absolute Gasteiger partial charge is 0.295 e. The number of benzene rings is 1. The van der Waals surface area contributed by atoms with Crippen LogP contribution in [0.1, 0.15) is 44.4 Å². The minimum Gasteiger partial charge on any atom is -0.295 e. The number of amides is 4. The third-order valence-electron chi connectivity index (χ3n) is 2.62. The summed E-state index contributed by atoms with van der Waals surface area (Å²) in [7, 11) is 0. The summed E-state index contributed by atoms with van der Waals surface area (Å²) in [5.74, 6) is -5.77. The molecule has 0 aromatic heterocycles. The van der Waals surface area contributed by atoms with Crippen LogP contribution in [-0.2, 0) is 9.59 Å². The van der Waals surface area contributed by atoms with E-state index in [4.69, 9.17) is 11.0 Å². The summed E-state index contributed by atoms with van der Waals surface area (Å²) >= 11 is 0. The lowest BCUT2D eigenvalue weighted by Crippen LogP contribution is -2.54. The highest BCUT2D eigenvalue weighted by Gasteiger charge is 2.44. The predicted molar refractivity (Wildman–Crippen MR) is 63.1 cm³/mol. The highest BCUT2D eigenvalue weighted by Crippen LogP contribution is 2.26. The fourth-order valence-electron chi connectivity index (χ4n) is 1.79. The van der Waals surface area contributed by atoms with Crippen LogP contribution in [0.2, 0.25) is 0 Å². The number of carbonyl (C=O) groups is 4. The van der Waals surface area contributed by atoms with Gasteiger partial charge in [-0.1, -0.05) is 12.1 Å². The third kappa shape index (κ3) is 1.64. The zero-order chi connectivity index (χ0) is 20.6. The Hall–Kier alpha value is -2.50. The summed E-state index contributed by atoms with van der Waals surface area (Å²) in [6.45, 7) is 0. The smallest absolute Gasteiger partial charge is 0.262 e. The van der Waals surface area contributed by atoms with Gasteiger partial charge in [0.1, 0.15) is 6.04 Å². The van der Waals surface area contributed by atoms with Gasteiger partial charge in [0.2, 0.25) is 11.8 Å². The lowest BCUT2D eigenvalue weighted by Gasteiger charge is -2.27. The van der Waals surface area contributed by atoms with Crippen molar-refractivity contribution in [2.24, 2.45) is 0 Å². The van der Waals surface area contributed by atoms with Gasteiger partial charge in [-0.2, -0.15) is 0 Å². The van der Waals surface area contributed by atoms with Crippen LogP contribution in [0.4, 0.5) is 0 Å². The summed E-state index contributed by atoms with van der Waals surface area (Å²) in [6, 6.07) is -5.68. The van der Waals surface area contributed by atoms with Gasteiger partial charge in [-0.15, -0.1) is 0 Å². The number of hydrogen-bond donors (Lipinski definition) is 1. The van der Waals surface area contributed by atoms with Crippen molar-refractivity contribution in [1.82, 2.24) is 10.2 Å². The van der Waals surface area contributed by atoms with E-state index < -0.39 is 77.7 Å². The molecule has 1 aromatic carbocycles. The Kier molecular flexibility index (Phi) is 1.19. The maximum Gasteiger partial charge on any atom is 0.262 e. The average molecular weight is 266 g/mol. The average Bonchev–Trinajstić information content (AvgIpc) is 2.81. The van der Waals surface area contributed by atoms with Crippen molar-refractivity contribution in [2.45, 2.75) is 18.8 Å². The van der Waals surface area contributed by atoms with E-state index in [2.05, 4.69) is 0 Å². The lowest BCUT2D eigenvalue weighted by atomic mass is 10.0. The first kappa shape index (κ1) is 5.64. The Labute approximate surface area is 119 Å². The van der Waals surface area contributed by atoms with Crippen LogP contribution in [0.25, 0.3) is 0 Å². The molecular formula is C13H10N2O4. The number of hydrogen-bond acceptors (Lipinski definition) is 4. The molecule has 2 heterocycles. The van der Waals surface area contributed by atoms with Crippen molar-refractivity contribution >= 4 is 23.6 Å². The molecule has 3 rings (SSSR count). The van der Waals surface area contributed by atoms with Gasteiger partial charge in [-0.05, 0) is 18.5 Å². The fraction of sp³-hybridized carbons (Fsp3) is 0.231. The van der Waals surface area contributed by atoms with Gasteiger partial charge in [0.05, 0.1) is 16.6 Å². The lowest BCUT2D eigenvalue weighted by molar-refractivity contribution is -0.136. The molecule has 0 bridgehead atoms. The summed E-state index contributed by atoms with van der Waals surface area (Å²) in [5.41, 5.74) is -1.49. The van der Waals surface area contributed by atoms with E-state index in [1.54, 1.807) is 5.32 Å². The first-order chi connectivity index (χ1) is 12.3. The molecule has 0 radical (unpaired) electrons. The van der Waals surface area contributed by atoms with E-state index in [1.807, 2.05) is 0 Å². The van der Waals surface area contributed by atoms with Gasteiger partial charge in [0.15, 0.2) is 0 Å². The van der Waals surface area contributed by atoms with Gasteiger partial charge < -0.3 is 0 Å². The van der Waals surface area contributed by atoms with E-state index in [-0.39, 0.29) is 4.90 Å². The molecule has 1 unspecified atom stereocenters. The standard InChI is InChI=1S/C13H10N2O4/c16-10-6-5-9(11(17)14-10)15-12(18)7-3-1-2-4-8(7)13(15)19/h1-4,9H,5-6H2,(H,14,16,17)/i1D,2D,3D,4D,5D2,6D2. The molecule has 1 saturated heterocycles. The monoisotopic (exact) mass is 266 g/mol. The van der Waals surface area contributed by atoms with Crippen LogP contribution in [0.15, 0.2) is 24.2 Å². The second-order valence-corrected chi connectivity index (χ2v) is 3.72. The highest BCUT2D eigenvalue weighted by atomic mass is 16.2. The van der Waals surface area contributed by atoms with E-state index in [1.165, 1.54) is 0 Å². The quantitative estimate of drug-likeness (QED) is 0.730. The van der Waals surface area contributed by atoms with Crippen LogP contribution in [0.5, 0.6) is 0 Å². The van der Waals surface area contributed by atoms with E-state index in [0.717, 1.165) is 0 Å². The van der Waals surface area contributed by atoms with Crippen molar-refractivity contribution in [3.05, 3.63) is 35.3 Å². The molecule has 6 heteroatoms. The SMILES string of the molecule is [2H]c1c([2H])c([2H])c2c(c1[2H])C(=O)N(C1C(=O)NC(=O)C([2H])([2H])C1([2H])[2H])C2=O. The Balaban J connectivity index is 2.23. The topological polar surface area (TPSA) is 83.6 Å². The second kappa shape index (κ2) is 4.01. The van der Waals surface area contributed by atoms with E-state index >= 15 is 0 Å². The van der Waals surface area contributed by atoms with Crippen LogP contribution in [0, 0.1) is 0 Å². The molecule has 96 valence electrons. The first-order valence-corrected chi connectivity index (χ1v) is 5.10. The molecule has 2 aliphatic heterocycles. The normalized spacial score (nSPS) is 33.9. The molecule has 0 saturated carbocycles. The number of nitrogens with zero attached hydrogens (tertiary/aromatic N) is 1. The van der Waals surface area contributed by atoms with E-state index in [0.29, 0.717) is 0 Å². The Morgan fingerprint density at radius 1 is 1.16 bits per heavy atom. The maximum atomic E-state index is 12.7.